The van der Waals surface area contributed by atoms with Crippen LogP contribution in [0.4, 0.5) is 11.4 Å². The summed E-state index contributed by atoms with van der Waals surface area (Å²) in [5.74, 6) is -0.650. The number of aliphatic hydroxyl groups excluding tert-OH is 1. The van der Waals surface area contributed by atoms with Crippen molar-refractivity contribution in [3.63, 3.8) is 0 Å². The fourth-order valence-electron chi connectivity index (χ4n) is 5.42. The maximum atomic E-state index is 13.8. The maximum absolute atomic E-state index is 13.8. The normalized spacial score (nSPS) is 20.2. The van der Waals surface area contributed by atoms with E-state index in [1.165, 1.54) is 0 Å². The van der Waals surface area contributed by atoms with Gasteiger partial charge in [-0.3, -0.25) is 14.3 Å². The van der Waals surface area contributed by atoms with Gasteiger partial charge in [0.1, 0.15) is 0 Å². The molecule has 204 valence electrons. The SMILES string of the molecule is C[C@H](/C=C/CCn1cc(CCO)nn1)[C@@]1(O)C(=O)N(Cc2ccc(N3CCCCC3=O)cc2)c2ccccc21. The molecule has 0 spiro atoms. The number of anilines is 2. The number of aryl methyl sites for hydroxylation is 1. The van der Waals surface area contributed by atoms with Crippen LogP contribution < -0.4 is 9.80 Å². The molecule has 2 aliphatic rings. The lowest BCUT2D eigenvalue weighted by molar-refractivity contribution is -0.139. The lowest BCUT2D eigenvalue weighted by Gasteiger charge is -2.28. The topological polar surface area (TPSA) is 112 Å². The van der Waals surface area contributed by atoms with E-state index in [9.17, 15) is 14.7 Å². The van der Waals surface area contributed by atoms with Crippen molar-refractivity contribution in [3.8, 4) is 0 Å². The molecular formula is C30H35N5O4. The molecule has 9 nitrogen and oxygen atoms in total. The molecule has 3 aromatic rings. The summed E-state index contributed by atoms with van der Waals surface area (Å²) < 4.78 is 1.72. The third kappa shape index (κ3) is 5.37. The highest BCUT2D eigenvalue weighted by atomic mass is 16.3. The number of nitrogens with zero attached hydrogens (tertiary/aromatic N) is 5. The van der Waals surface area contributed by atoms with Gasteiger partial charge in [-0.1, -0.05) is 54.6 Å². The van der Waals surface area contributed by atoms with Crippen LogP contribution in [0.3, 0.4) is 0 Å². The van der Waals surface area contributed by atoms with Crippen LogP contribution in [0, 0.1) is 5.92 Å². The first-order valence-corrected chi connectivity index (χ1v) is 13.6. The van der Waals surface area contributed by atoms with Gasteiger partial charge in [0.25, 0.3) is 5.91 Å². The minimum atomic E-state index is -1.67. The highest BCUT2D eigenvalue weighted by Gasteiger charge is 2.52. The molecule has 2 N–H and O–H groups in total. The minimum absolute atomic E-state index is 0.0339. The van der Waals surface area contributed by atoms with E-state index in [1.807, 2.05) is 78.7 Å². The number of piperidine rings is 1. The predicted molar refractivity (Wildman–Crippen MR) is 148 cm³/mol. The van der Waals surface area contributed by atoms with Crippen molar-refractivity contribution in [1.82, 2.24) is 15.0 Å². The first kappa shape index (κ1) is 26.8. The molecular weight excluding hydrogens is 494 g/mol. The second kappa shape index (κ2) is 11.5. The molecule has 2 atom stereocenters. The summed E-state index contributed by atoms with van der Waals surface area (Å²) in [6.07, 6.45) is 9.31. The van der Waals surface area contributed by atoms with Crippen molar-refractivity contribution >= 4 is 23.2 Å². The minimum Gasteiger partial charge on any atom is -0.396 e. The second-order valence-electron chi connectivity index (χ2n) is 10.3. The monoisotopic (exact) mass is 529 g/mol. The Bertz CT molecular complexity index is 1350. The highest BCUT2D eigenvalue weighted by Crippen LogP contribution is 2.45. The van der Waals surface area contributed by atoms with Crippen molar-refractivity contribution in [2.24, 2.45) is 5.92 Å². The molecule has 9 heteroatoms. The molecule has 2 amide bonds. The molecule has 39 heavy (non-hydrogen) atoms. The van der Waals surface area contributed by atoms with Crippen molar-refractivity contribution in [2.45, 2.75) is 57.7 Å². The molecule has 0 radical (unpaired) electrons. The van der Waals surface area contributed by atoms with Crippen LogP contribution in [-0.2, 0) is 34.7 Å². The van der Waals surface area contributed by atoms with E-state index >= 15 is 0 Å². The number of para-hydroxylation sites is 1. The van der Waals surface area contributed by atoms with Gasteiger partial charge >= 0.3 is 0 Å². The first-order chi connectivity index (χ1) is 18.9. The van der Waals surface area contributed by atoms with Gasteiger partial charge in [-0.25, -0.2) is 0 Å². The number of amides is 2. The lowest BCUT2D eigenvalue weighted by atomic mass is 9.83. The zero-order chi connectivity index (χ0) is 27.4. The Morgan fingerprint density at radius 2 is 1.90 bits per heavy atom. The summed E-state index contributed by atoms with van der Waals surface area (Å²) in [7, 11) is 0. The average Bonchev–Trinajstić information content (AvgIpc) is 3.49. The maximum Gasteiger partial charge on any atom is 0.264 e. The summed E-state index contributed by atoms with van der Waals surface area (Å²) in [6, 6.07) is 15.2. The van der Waals surface area contributed by atoms with Crippen molar-refractivity contribution in [1.29, 1.82) is 0 Å². The van der Waals surface area contributed by atoms with Gasteiger partial charge in [0.15, 0.2) is 5.60 Å². The number of hydrogen-bond acceptors (Lipinski definition) is 6. The van der Waals surface area contributed by atoms with Gasteiger partial charge in [-0.2, -0.15) is 0 Å². The molecule has 1 fully saturated rings. The van der Waals surface area contributed by atoms with Crippen LogP contribution in [0.15, 0.2) is 66.9 Å². The molecule has 1 saturated heterocycles. The fourth-order valence-corrected chi connectivity index (χ4v) is 5.42. The molecule has 0 bridgehead atoms. The van der Waals surface area contributed by atoms with Gasteiger partial charge in [-0.15, -0.1) is 5.10 Å². The van der Waals surface area contributed by atoms with E-state index in [4.69, 9.17) is 5.11 Å². The zero-order valence-corrected chi connectivity index (χ0v) is 22.2. The Kier molecular flexibility index (Phi) is 7.90. The number of allylic oxidation sites excluding steroid dienone is 1. The Balaban J connectivity index is 1.28. The van der Waals surface area contributed by atoms with Crippen molar-refractivity contribution in [3.05, 3.63) is 83.7 Å². The van der Waals surface area contributed by atoms with Crippen LogP contribution >= 0.6 is 0 Å². The molecule has 0 aliphatic carbocycles. The summed E-state index contributed by atoms with van der Waals surface area (Å²) in [5.41, 5.74) is 2.18. The molecule has 3 heterocycles. The van der Waals surface area contributed by atoms with Gasteiger partial charge in [-0.05, 0) is 43.0 Å². The predicted octanol–water partition coefficient (Wildman–Crippen LogP) is 3.35. The van der Waals surface area contributed by atoms with Crippen molar-refractivity contribution in [2.75, 3.05) is 23.0 Å². The number of aromatic nitrogens is 3. The van der Waals surface area contributed by atoms with Gasteiger partial charge in [0.2, 0.25) is 5.91 Å². The average molecular weight is 530 g/mol. The third-order valence-corrected chi connectivity index (χ3v) is 7.65. The van der Waals surface area contributed by atoms with E-state index in [2.05, 4.69) is 10.3 Å². The van der Waals surface area contributed by atoms with Gasteiger partial charge in [0.05, 0.1) is 17.9 Å². The fraction of sp³-hybridized carbons (Fsp3) is 0.400. The number of carbonyl (C=O) groups is 2. The summed E-state index contributed by atoms with van der Waals surface area (Å²) in [4.78, 5) is 29.5. The summed E-state index contributed by atoms with van der Waals surface area (Å²) in [6.45, 7) is 3.55. The molecule has 5 rings (SSSR count). The van der Waals surface area contributed by atoms with Crippen LogP contribution in [0.5, 0.6) is 0 Å². The highest BCUT2D eigenvalue weighted by molar-refractivity contribution is 6.07. The number of rotatable bonds is 10. The first-order valence-electron chi connectivity index (χ1n) is 13.6. The molecule has 2 aliphatic heterocycles. The zero-order valence-electron chi connectivity index (χ0n) is 22.2. The number of carbonyl (C=O) groups excluding carboxylic acids is 2. The summed E-state index contributed by atoms with van der Waals surface area (Å²) >= 11 is 0. The molecule has 1 aromatic heterocycles. The summed E-state index contributed by atoms with van der Waals surface area (Å²) in [5, 5.41) is 28.9. The van der Waals surface area contributed by atoms with E-state index in [-0.39, 0.29) is 18.4 Å². The third-order valence-electron chi connectivity index (χ3n) is 7.65. The number of hydrogen-bond donors (Lipinski definition) is 2. The van der Waals surface area contributed by atoms with E-state index in [1.54, 1.807) is 9.58 Å². The van der Waals surface area contributed by atoms with Gasteiger partial charge in [0, 0.05) is 55.9 Å². The number of fused-ring (bicyclic) bond motifs is 1. The molecule has 2 aromatic carbocycles. The quantitative estimate of drug-likeness (QED) is 0.390. The smallest absolute Gasteiger partial charge is 0.264 e. The Morgan fingerprint density at radius 1 is 1.10 bits per heavy atom. The van der Waals surface area contributed by atoms with Crippen molar-refractivity contribution < 1.29 is 19.8 Å². The lowest BCUT2D eigenvalue weighted by Crippen LogP contribution is -2.44. The number of aliphatic hydroxyl groups is 2. The van der Waals surface area contributed by atoms with E-state index < -0.39 is 11.5 Å². The van der Waals surface area contributed by atoms with Crippen LogP contribution in [0.1, 0.15) is 49.4 Å². The van der Waals surface area contributed by atoms with Crippen LogP contribution in [-0.4, -0.2) is 50.2 Å². The molecule has 0 saturated carbocycles. The number of benzene rings is 2. The Labute approximate surface area is 228 Å². The van der Waals surface area contributed by atoms with Crippen LogP contribution in [0.25, 0.3) is 0 Å². The second-order valence-corrected chi connectivity index (χ2v) is 10.3. The Hall–Kier alpha value is -3.82. The standard InChI is InChI=1S/C30H35N5O4/c1-22(8-4-6-17-33-21-24(16-19-36)31-32-33)30(39)26-9-2-3-10-27(26)35(29(30)38)20-23-12-14-25(15-13-23)34-18-7-5-11-28(34)37/h2-4,8-10,12-15,21-22,36,39H,5-7,11,16-20H2,1H3/b8-4+/t22-,30+/m1/s1. The largest absolute Gasteiger partial charge is 0.396 e. The van der Waals surface area contributed by atoms with E-state index in [0.29, 0.717) is 43.6 Å². The van der Waals surface area contributed by atoms with Crippen LogP contribution in [0.2, 0.25) is 0 Å². The Morgan fingerprint density at radius 3 is 2.67 bits per heavy atom. The van der Waals surface area contributed by atoms with E-state index in [0.717, 1.165) is 36.3 Å². The van der Waals surface area contributed by atoms with Gasteiger partial charge < -0.3 is 20.0 Å². The molecule has 0 unspecified atom stereocenters.